The molecule has 0 saturated carbocycles. The molecular weight excluding hydrogens is 949 g/mol. The van der Waals surface area contributed by atoms with Crippen molar-refractivity contribution in [3.8, 4) is 17.1 Å². The van der Waals surface area contributed by atoms with E-state index in [0.29, 0.717) is 0 Å². The monoisotopic (exact) mass is 983 g/mol. The van der Waals surface area contributed by atoms with Crippen LogP contribution in [-0.4, -0.2) is 27.1 Å². The van der Waals surface area contributed by atoms with Gasteiger partial charge < -0.3 is 23.5 Å². The first kappa shape index (κ1) is 38.8. The third-order valence-corrected chi connectivity index (χ3v) is 19.9. The van der Waals surface area contributed by atoms with E-state index < -0.39 is 0 Å². The number of para-hydroxylation sites is 8. The molecule has 75 heavy (non-hydrogen) atoms. The summed E-state index contributed by atoms with van der Waals surface area (Å²) in [6.07, 6.45) is 0. The van der Waals surface area contributed by atoms with Gasteiger partial charge in [-0.2, -0.15) is 0 Å². The zero-order chi connectivity index (χ0) is 48.1. The smallest absolute Gasteiger partial charge is 0.252 e. The molecule has 3 aromatic heterocycles. The van der Waals surface area contributed by atoms with Gasteiger partial charge in [0.25, 0.3) is 13.4 Å². The number of rotatable bonds is 2. The molecule has 0 aliphatic carbocycles. The first-order chi connectivity index (χ1) is 37.2. The Morgan fingerprint density at radius 1 is 0.280 bits per heavy atom. The molecule has 9 heterocycles. The van der Waals surface area contributed by atoms with E-state index in [0.717, 1.165) is 0 Å². The molecule has 0 atom stereocenters. The molecule has 0 spiro atoms. The second-order valence-electron chi connectivity index (χ2n) is 21.1. The summed E-state index contributed by atoms with van der Waals surface area (Å²) in [5.74, 6) is 0. The highest BCUT2D eigenvalue weighted by Crippen LogP contribution is 2.54. The van der Waals surface area contributed by atoms with Crippen molar-refractivity contribution in [3.05, 3.63) is 212 Å². The summed E-state index contributed by atoms with van der Waals surface area (Å²) in [6.45, 7) is -0.0668. The van der Waals surface area contributed by atoms with Crippen LogP contribution in [0.5, 0.6) is 0 Å². The van der Waals surface area contributed by atoms with Crippen molar-refractivity contribution in [2.24, 2.45) is 0 Å². The minimum atomic E-state index is -0.103. The van der Waals surface area contributed by atoms with E-state index in [1.165, 1.54) is 169 Å². The summed E-state index contributed by atoms with van der Waals surface area (Å²) in [7, 11) is 0. The molecule has 0 N–H and O–H groups in total. The Morgan fingerprint density at radius 2 is 0.653 bits per heavy atom. The Morgan fingerprint density at radius 3 is 1.17 bits per heavy atom. The van der Waals surface area contributed by atoms with Crippen LogP contribution in [0.15, 0.2) is 232 Å². The van der Waals surface area contributed by atoms with Crippen molar-refractivity contribution in [1.82, 2.24) is 13.7 Å². The van der Waals surface area contributed by atoms with Crippen LogP contribution in [0.3, 0.4) is 0 Å². The topological polar surface area (TPSA) is 21.3 Å². The Hall–Kier alpha value is -8.75. The predicted octanol–water partition coefficient (Wildman–Crippen LogP) is 13.1. The highest BCUT2D eigenvalue weighted by atomic mass is 32.2. The third kappa shape index (κ3) is 4.49. The lowest BCUT2D eigenvalue weighted by molar-refractivity contribution is 1.11. The first-order valence-electron chi connectivity index (χ1n) is 26.0. The maximum atomic E-state index is 2.75. The van der Waals surface area contributed by atoms with Crippen LogP contribution in [-0.2, 0) is 0 Å². The minimum absolute atomic E-state index is 0.0360. The van der Waals surface area contributed by atoms with Gasteiger partial charge in [-0.3, -0.25) is 0 Å². The molecule has 0 radical (unpaired) electrons. The van der Waals surface area contributed by atoms with Crippen molar-refractivity contribution in [2.75, 3.05) is 9.80 Å². The molecule has 0 unspecified atom stereocenters. The van der Waals surface area contributed by atoms with Gasteiger partial charge in [-0.05, 0) is 124 Å². The van der Waals surface area contributed by atoms with Crippen LogP contribution in [0, 0.1) is 0 Å². The first-order valence-corrected chi connectivity index (χ1v) is 27.6. The van der Waals surface area contributed by atoms with E-state index in [2.05, 4.69) is 236 Å². The molecule has 0 saturated heterocycles. The number of aromatic nitrogens is 3. The van der Waals surface area contributed by atoms with Crippen molar-refractivity contribution in [1.29, 1.82) is 0 Å². The fraction of sp³-hybridized carbons (Fsp3) is 0. The second-order valence-corrected chi connectivity index (χ2v) is 23.3. The molecule has 6 aliphatic rings. The average molecular weight is 984 g/mol. The van der Waals surface area contributed by atoms with Crippen molar-refractivity contribution < 1.29 is 0 Å². The highest BCUT2D eigenvalue weighted by Gasteiger charge is 2.49. The second kappa shape index (κ2) is 13.3. The summed E-state index contributed by atoms with van der Waals surface area (Å²) in [5, 5.41) is 7.76. The molecule has 342 valence electrons. The summed E-state index contributed by atoms with van der Waals surface area (Å²) in [6, 6.07) is 81.2. The van der Waals surface area contributed by atoms with E-state index in [1.807, 2.05) is 23.5 Å². The van der Waals surface area contributed by atoms with Crippen LogP contribution in [0.4, 0.5) is 34.1 Å². The zero-order valence-electron chi connectivity index (χ0n) is 39.9. The molecule has 11 aromatic carbocycles. The van der Waals surface area contributed by atoms with Crippen LogP contribution in [0.25, 0.3) is 82.5 Å². The lowest BCUT2D eigenvalue weighted by Gasteiger charge is -2.41. The van der Waals surface area contributed by atoms with Gasteiger partial charge in [-0.25, -0.2) is 0 Å². The van der Waals surface area contributed by atoms with Crippen molar-refractivity contribution >= 4 is 169 Å². The van der Waals surface area contributed by atoms with Gasteiger partial charge in [0, 0.05) is 102 Å². The maximum absolute atomic E-state index is 2.75. The summed E-state index contributed by atoms with van der Waals surface area (Å²) in [5.41, 5.74) is 27.1. The summed E-state index contributed by atoms with van der Waals surface area (Å²) >= 11 is 3.74. The van der Waals surface area contributed by atoms with Gasteiger partial charge in [-0.15, -0.1) is 0 Å². The number of anilines is 6. The van der Waals surface area contributed by atoms with Gasteiger partial charge in [0.2, 0.25) is 0 Å². The molecule has 5 nitrogen and oxygen atoms in total. The van der Waals surface area contributed by atoms with Crippen LogP contribution in [0.1, 0.15) is 0 Å². The van der Waals surface area contributed by atoms with Gasteiger partial charge in [-0.1, -0.05) is 145 Å². The van der Waals surface area contributed by atoms with E-state index in [9.17, 15) is 0 Å². The third-order valence-electron chi connectivity index (χ3n) is 17.7. The van der Waals surface area contributed by atoms with Crippen LogP contribution in [0.2, 0.25) is 0 Å². The maximum Gasteiger partial charge on any atom is 0.252 e. The minimum Gasteiger partial charge on any atom is -0.311 e. The lowest BCUT2D eigenvalue weighted by Crippen LogP contribution is -2.66. The number of benzene rings is 11. The van der Waals surface area contributed by atoms with Crippen molar-refractivity contribution in [2.45, 2.75) is 19.6 Å². The van der Waals surface area contributed by atoms with Crippen molar-refractivity contribution in [3.63, 3.8) is 0 Å². The van der Waals surface area contributed by atoms with E-state index in [1.54, 1.807) is 0 Å². The fourth-order valence-corrected chi connectivity index (χ4v) is 17.2. The SMILES string of the molecule is c1ccc2c(c1)Sc1ccccc1N2c1cc2c3c(c1)c1ccccc1n3-c1cc3c4c5c1B2c1cc(N2c6ccccc6Sc6ccccc62)cc2c6cccc(c6n-5c12)B4c1cccc2c4ccccc4n-3c12. The van der Waals surface area contributed by atoms with Crippen LogP contribution < -0.4 is 42.6 Å². The average Bonchev–Trinajstić information content (AvgIpc) is 4.30. The van der Waals surface area contributed by atoms with Gasteiger partial charge in [0.1, 0.15) is 0 Å². The quantitative estimate of drug-likeness (QED) is 0.161. The standard InChI is InChI=1S/C66H35B2N5S2/c1-3-21-48-38(15-1)40-17-13-19-44-62(40)71(48)54-35-55-61-66-60(54)67(44)45-20-14-18-41-43-32-37(70-52-25-7-11-29-58(52)75-59-30-12-8-26-53(59)70)34-47(65(43)73(66)63(41)45)68(61)46-33-36(31-42-39-16-2-4-22-49(39)72(55)64(42)46)69-50-23-5-9-27-56(50)74-57-28-10-6-24-51(57)69/h1-35H. The number of hydrogen-bond acceptors (Lipinski definition) is 4. The molecule has 6 aliphatic heterocycles. The molecule has 0 fully saturated rings. The molecule has 9 heteroatoms. The number of fused-ring (bicyclic) bond motifs is 17. The predicted molar refractivity (Wildman–Crippen MR) is 316 cm³/mol. The summed E-state index contributed by atoms with van der Waals surface area (Å²) < 4.78 is 8.05. The van der Waals surface area contributed by atoms with E-state index >= 15 is 0 Å². The summed E-state index contributed by atoms with van der Waals surface area (Å²) in [4.78, 5) is 10.2. The van der Waals surface area contributed by atoms with Gasteiger partial charge in [0.05, 0.1) is 33.8 Å². The molecule has 14 aromatic rings. The fourth-order valence-electron chi connectivity index (χ4n) is 15.1. The number of hydrogen-bond donors (Lipinski definition) is 0. The van der Waals surface area contributed by atoms with Gasteiger partial charge >= 0.3 is 0 Å². The Bertz CT molecular complexity index is 4990. The zero-order valence-corrected chi connectivity index (χ0v) is 41.5. The van der Waals surface area contributed by atoms with Crippen LogP contribution >= 0.6 is 23.5 Å². The normalized spacial score (nSPS) is 14.5. The Balaban J connectivity index is 0.995. The highest BCUT2D eigenvalue weighted by molar-refractivity contribution is 8.00. The molecule has 20 rings (SSSR count). The molecular formula is C66H35B2N5S2. The Kier molecular flexibility index (Phi) is 6.89. The largest absolute Gasteiger partial charge is 0.311 e. The van der Waals surface area contributed by atoms with Gasteiger partial charge in [0.15, 0.2) is 0 Å². The lowest BCUT2D eigenvalue weighted by atomic mass is 9.30. The van der Waals surface area contributed by atoms with E-state index in [4.69, 9.17) is 0 Å². The molecule has 0 amide bonds. The Labute approximate surface area is 439 Å². The number of nitrogens with zero attached hydrogens (tertiary/aromatic N) is 5. The molecule has 0 bridgehead atoms. The van der Waals surface area contributed by atoms with E-state index in [-0.39, 0.29) is 13.4 Å².